The minimum atomic E-state index is -1.92. The minimum Gasteiger partial charge on any atom is -0.376 e. The fourth-order valence-corrected chi connectivity index (χ4v) is 2.37. The fraction of sp³-hybridized carbons (Fsp3) is 0.750. The highest BCUT2D eigenvalue weighted by Gasteiger charge is 2.12. The van der Waals surface area contributed by atoms with Gasteiger partial charge in [0.25, 0.3) is 0 Å². The molecule has 1 N–H and O–H groups in total. The van der Waals surface area contributed by atoms with Crippen LogP contribution in [0, 0.1) is 0 Å². The molecule has 1 amide bonds. The molecular weight excluding hydrogens is 250 g/mol. The van der Waals surface area contributed by atoms with Crippen molar-refractivity contribution < 1.29 is 18.1 Å². The van der Waals surface area contributed by atoms with Gasteiger partial charge in [-0.1, -0.05) is 6.58 Å². The van der Waals surface area contributed by atoms with E-state index in [9.17, 15) is 4.79 Å². The first-order chi connectivity index (χ1) is 8.61. The normalized spacial score (nSPS) is 10.7. The van der Waals surface area contributed by atoms with E-state index in [1.165, 1.54) is 0 Å². The predicted molar refractivity (Wildman–Crippen MR) is 73.4 cm³/mol. The third kappa shape index (κ3) is 9.35. The molecule has 0 radical (unpaired) electrons. The van der Waals surface area contributed by atoms with Gasteiger partial charge in [-0.2, -0.15) is 0 Å². The van der Waals surface area contributed by atoms with Gasteiger partial charge < -0.3 is 18.6 Å². The zero-order chi connectivity index (χ0) is 13.8. The van der Waals surface area contributed by atoms with Gasteiger partial charge in [-0.25, -0.2) is 0 Å². The second-order valence-corrected chi connectivity index (χ2v) is 5.39. The zero-order valence-electron chi connectivity index (χ0n) is 11.7. The smallest absolute Gasteiger partial charge is 0.376 e. The van der Waals surface area contributed by atoms with Crippen molar-refractivity contribution in [3.63, 3.8) is 0 Å². The van der Waals surface area contributed by atoms with E-state index in [1.807, 2.05) is 13.8 Å². The highest BCUT2D eigenvalue weighted by molar-refractivity contribution is 6.36. The molecule has 0 spiro atoms. The van der Waals surface area contributed by atoms with Gasteiger partial charge in [-0.3, -0.25) is 4.79 Å². The summed E-state index contributed by atoms with van der Waals surface area (Å²) in [7, 11) is -1.92. The second kappa shape index (κ2) is 11.4. The van der Waals surface area contributed by atoms with Crippen molar-refractivity contribution in [2.24, 2.45) is 0 Å². The molecule has 0 atom stereocenters. The summed E-state index contributed by atoms with van der Waals surface area (Å²) >= 11 is 0. The van der Waals surface area contributed by atoms with E-state index in [-0.39, 0.29) is 5.91 Å². The lowest BCUT2D eigenvalue weighted by molar-refractivity contribution is -0.117. The van der Waals surface area contributed by atoms with Gasteiger partial charge in [0.1, 0.15) is 0 Å². The molecule has 0 fully saturated rings. The molecule has 0 rings (SSSR count). The Balaban J connectivity index is 3.48. The number of rotatable bonds is 11. The van der Waals surface area contributed by atoms with Crippen molar-refractivity contribution in [1.29, 1.82) is 0 Å². The lowest BCUT2D eigenvalue weighted by atomic mass is 10.3. The number of nitrogens with one attached hydrogen (secondary N) is 1. The first-order valence-corrected chi connectivity index (χ1v) is 7.81. The molecule has 0 bridgehead atoms. The van der Waals surface area contributed by atoms with Gasteiger partial charge in [0.2, 0.25) is 5.91 Å². The minimum absolute atomic E-state index is 0.0909. The summed E-state index contributed by atoms with van der Waals surface area (Å²) in [5, 5.41) is 2.78. The standard InChI is InChI=1S/C12H25NO4Si/c1-5-15-18(16-6-2)17-10-8-7-9-13-12(14)11(3)4/h18H,3,5-10H2,1-2,4H3,(H,13,14). The largest absolute Gasteiger partial charge is 0.484 e. The Kier molecular flexibility index (Phi) is 11.0. The monoisotopic (exact) mass is 275 g/mol. The van der Waals surface area contributed by atoms with Crippen LogP contribution in [0.3, 0.4) is 0 Å². The molecule has 0 aliphatic heterocycles. The molecule has 0 saturated carbocycles. The SMILES string of the molecule is C=C(C)C(=O)NCCCCO[SiH](OCC)OCC. The first kappa shape index (κ1) is 17.3. The highest BCUT2D eigenvalue weighted by Crippen LogP contribution is 1.96. The Morgan fingerprint density at radius 3 is 2.28 bits per heavy atom. The Labute approximate surface area is 111 Å². The van der Waals surface area contributed by atoms with Gasteiger partial charge >= 0.3 is 9.53 Å². The fourth-order valence-electron chi connectivity index (χ4n) is 1.18. The molecule has 106 valence electrons. The average Bonchev–Trinajstić information content (AvgIpc) is 2.33. The van der Waals surface area contributed by atoms with Crippen LogP contribution in [0.25, 0.3) is 0 Å². The van der Waals surface area contributed by atoms with Crippen LogP contribution < -0.4 is 5.32 Å². The van der Waals surface area contributed by atoms with Crippen LogP contribution in [-0.4, -0.2) is 41.8 Å². The zero-order valence-corrected chi connectivity index (χ0v) is 12.8. The Hall–Kier alpha value is -0.693. The lowest BCUT2D eigenvalue weighted by Gasteiger charge is -2.14. The van der Waals surface area contributed by atoms with Crippen molar-refractivity contribution in [2.75, 3.05) is 26.4 Å². The summed E-state index contributed by atoms with van der Waals surface area (Å²) in [5.41, 5.74) is 0.534. The molecule has 18 heavy (non-hydrogen) atoms. The lowest BCUT2D eigenvalue weighted by Crippen LogP contribution is -2.28. The van der Waals surface area contributed by atoms with E-state index in [2.05, 4.69) is 11.9 Å². The van der Waals surface area contributed by atoms with Crippen LogP contribution >= 0.6 is 0 Å². The first-order valence-electron chi connectivity index (χ1n) is 6.40. The highest BCUT2D eigenvalue weighted by atomic mass is 28.3. The van der Waals surface area contributed by atoms with Crippen molar-refractivity contribution in [3.05, 3.63) is 12.2 Å². The molecule has 0 aromatic heterocycles. The maximum atomic E-state index is 11.2. The van der Waals surface area contributed by atoms with Crippen molar-refractivity contribution in [3.8, 4) is 0 Å². The number of carbonyl (C=O) groups is 1. The van der Waals surface area contributed by atoms with Gasteiger partial charge in [0.05, 0.1) is 0 Å². The van der Waals surface area contributed by atoms with E-state index in [0.717, 1.165) is 12.8 Å². The van der Waals surface area contributed by atoms with Crippen molar-refractivity contribution >= 4 is 15.4 Å². The topological polar surface area (TPSA) is 56.8 Å². The third-order valence-corrected chi connectivity index (χ3v) is 3.82. The van der Waals surface area contributed by atoms with Crippen LogP contribution in [0.5, 0.6) is 0 Å². The molecule has 0 saturated heterocycles. The number of carbonyl (C=O) groups excluding carboxylic acids is 1. The summed E-state index contributed by atoms with van der Waals surface area (Å²) in [6, 6.07) is 0. The maximum Gasteiger partial charge on any atom is 0.484 e. The van der Waals surface area contributed by atoms with Gasteiger partial charge in [0.15, 0.2) is 0 Å². The molecule has 0 aliphatic rings. The number of hydrogen-bond acceptors (Lipinski definition) is 4. The van der Waals surface area contributed by atoms with Crippen LogP contribution in [0.2, 0.25) is 0 Å². The Morgan fingerprint density at radius 1 is 1.17 bits per heavy atom. The van der Waals surface area contributed by atoms with Crippen LogP contribution in [0.15, 0.2) is 12.2 Å². The maximum absolute atomic E-state index is 11.2. The number of hydrogen-bond donors (Lipinski definition) is 1. The van der Waals surface area contributed by atoms with Crippen molar-refractivity contribution in [1.82, 2.24) is 5.32 Å². The van der Waals surface area contributed by atoms with E-state index in [1.54, 1.807) is 6.92 Å². The molecular formula is C12H25NO4Si. The van der Waals surface area contributed by atoms with Crippen LogP contribution in [0.1, 0.15) is 33.6 Å². The number of amides is 1. The molecule has 6 heteroatoms. The quantitative estimate of drug-likeness (QED) is 0.350. The van der Waals surface area contributed by atoms with Gasteiger partial charge in [0, 0.05) is 31.9 Å². The molecule has 0 unspecified atom stereocenters. The number of unbranched alkanes of at least 4 members (excludes halogenated alkanes) is 1. The van der Waals surface area contributed by atoms with E-state index in [0.29, 0.717) is 31.9 Å². The Bertz CT molecular complexity index is 242. The summed E-state index contributed by atoms with van der Waals surface area (Å²) < 4.78 is 16.3. The molecule has 0 aromatic rings. The molecule has 5 nitrogen and oxygen atoms in total. The summed E-state index contributed by atoms with van der Waals surface area (Å²) in [6.07, 6.45) is 1.75. The van der Waals surface area contributed by atoms with Crippen molar-refractivity contribution in [2.45, 2.75) is 33.6 Å². The Morgan fingerprint density at radius 2 is 1.78 bits per heavy atom. The summed E-state index contributed by atoms with van der Waals surface area (Å²) in [6.45, 7) is 11.6. The molecule has 0 heterocycles. The van der Waals surface area contributed by atoms with Gasteiger partial charge in [-0.15, -0.1) is 0 Å². The summed E-state index contributed by atoms with van der Waals surface area (Å²) in [4.78, 5) is 11.2. The van der Waals surface area contributed by atoms with Crippen LogP contribution in [-0.2, 0) is 18.1 Å². The van der Waals surface area contributed by atoms with E-state index >= 15 is 0 Å². The van der Waals surface area contributed by atoms with E-state index in [4.69, 9.17) is 13.3 Å². The van der Waals surface area contributed by atoms with Gasteiger partial charge in [-0.05, 0) is 33.6 Å². The summed E-state index contributed by atoms with van der Waals surface area (Å²) in [5.74, 6) is -0.0909. The van der Waals surface area contributed by atoms with Crippen LogP contribution in [0.4, 0.5) is 0 Å². The predicted octanol–water partition coefficient (Wildman–Crippen LogP) is 1.27. The second-order valence-electron chi connectivity index (χ2n) is 3.81. The molecule has 0 aromatic carbocycles. The third-order valence-electron chi connectivity index (χ3n) is 2.10. The van der Waals surface area contributed by atoms with E-state index < -0.39 is 9.53 Å². The molecule has 0 aliphatic carbocycles. The average molecular weight is 275 g/mol.